The number of hydrogen-bond donors (Lipinski definition) is 3. The number of nitrogens with one attached hydrogen (secondary N) is 2. The van der Waals surface area contributed by atoms with E-state index in [0.717, 1.165) is 12.8 Å². The van der Waals surface area contributed by atoms with Gasteiger partial charge in [0.1, 0.15) is 21.5 Å². The number of rotatable bonds is 7. The Balaban J connectivity index is 2.03. The smallest absolute Gasteiger partial charge is 0.263 e. The van der Waals surface area contributed by atoms with Crippen LogP contribution in [0.1, 0.15) is 41.9 Å². The summed E-state index contributed by atoms with van der Waals surface area (Å²) in [6.07, 6.45) is 2.19. The van der Waals surface area contributed by atoms with Crippen LogP contribution in [0.4, 0.5) is 10.7 Å². The molecular formula is C14H20N4O2S. The topological polar surface area (TPSA) is 100 Å². The van der Waals surface area contributed by atoms with Crippen LogP contribution in [0.25, 0.3) is 0 Å². The second-order valence-corrected chi connectivity index (χ2v) is 6.28. The van der Waals surface area contributed by atoms with Crippen molar-refractivity contribution in [1.82, 2.24) is 5.32 Å². The molecule has 6 nitrogen and oxygen atoms in total. The van der Waals surface area contributed by atoms with Crippen LogP contribution in [-0.4, -0.2) is 31.2 Å². The fourth-order valence-electron chi connectivity index (χ4n) is 1.79. The number of carbonyl (C=O) groups excluding carboxylic acids is 1. The number of nitriles is 1. The summed E-state index contributed by atoms with van der Waals surface area (Å²) in [4.78, 5) is 12.5. The van der Waals surface area contributed by atoms with Gasteiger partial charge in [-0.15, -0.1) is 11.3 Å². The molecule has 0 bridgehead atoms. The second-order valence-electron chi connectivity index (χ2n) is 5.25. The van der Waals surface area contributed by atoms with Gasteiger partial charge in [-0.25, -0.2) is 0 Å². The summed E-state index contributed by atoms with van der Waals surface area (Å²) < 4.78 is 5.43. The largest absolute Gasteiger partial charge is 0.396 e. The molecule has 0 aromatic carbocycles. The Kier molecular flexibility index (Phi) is 5.04. The van der Waals surface area contributed by atoms with Gasteiger partial charge in [0.2, 0.25) is 0 Å². The Labute approximate surface area is 128 Å². The molecule has 0 saturated heterocycles. The Morgan fingerprint density at radius 3 is 2.86 bits per heavy atom. The van der Waals surface area contributed by atoms with E-state index in [0.29, 0.717) is 28.6 Å². The Hall–Kier alpha value is -1.78. The number of thiophene rings is 1. The zero-order valence-corrected chi connectivity index (χ0v) is 13.0. The first kappa shape index (κ1) is 15.6. The van der Waals surface area contributed by atoms with Crippen LogP contribution in [0.3, 0.4) is 0 Å². The van der Waals surface area contributed by atoms with Gasteiger partial charge in [0.05, 0.1) is 18.4 Å². The molecule has 1 saturated carbocycles. The van der Waals surface area contributed by atoms with Gasteiger partial charge < -0.3 is 21.1 Å². The Morgan fingerprint density at radius 1 is 1.57 bits per heavy atom. The lowest BCUT2D eigenvalue weighted by atomic mass is 10.2. The van der Waals surface area contributed by atoms with Gasteiger partial charge in [-0.2, -0.15) is 5.26 Å². The van der Waals surface area contributed by atoms with Crippen LogP contribution >= 0.6 is 11.3 Å². The average molecular weight is 308 g/mol. The van der Waals surface area contributed by atoms with E-state index in [1.54, 1.807) is 0 Å². The predicted molar refractivity (Wildman–Crippen MR) is 83.5 cm³/mol. The van der Waals surface area contributed by atoms with Crippen LogP contribution in [0.5, 0.6) is 0 Å². The molecule has 0 unspecified atom stereocenters. The van der Waals surface area contributed by atoms with Gasteiger partial charge in [-0.1, -0.05) is 0 Å². The molecule has 1 fully saturated rings. The van der Waals surface area contributed by atoms with Crippen molar-refractivity contribution in [3.8, 4) is 6.07 Å². The van der Waals surface area contributed by atoms with E-state index in [2.05, 4.69) is 16.7 Å². The summed E-state index contributed by atoms with van der Waals surface area (Å²) in [7, 11) is 0. The quantitative estimate of drug-likeness (QED) is 0.668. The molecule has 21 heavy (non-hydrogen) atoms. The van der Waals surface area contributed by atoms with Crippen molar-refractivity contribution in [2.45, 2.75) is 38.8 Å². The number of nitrogens with zero attached hydrogens (tertiary/aromatic N) is 1. The third-order valence-corrected chi connectivity index (χ3v) is 4.18. The summed E-state index contributed by atoms with van der Waals surface area (Å²) >= 11 is 1.22. The summed E-state index contributed by atoms with van der Waals surface area (Å²) in [6.45, 7) is 5.02. The van der Waals surface area contributed by atoms with Crippen LogP contribution in [0.2, 0.25) is 0 Å². The first-order valence-corrected chi connectivity index (χ1v) is 7.83. The minimum Gasteiger partial charge on any atom is -0.396 e. The van der Waals surface area contributed by atoms with Crippen molar-refractivity contribution in [3.63, 3.8) is 0 Å². The van der Waals surface area contributed by atoms with E-state index in [9.17, 15) is 10.1 Å². The van der Waals surface area contributed by atoms with Crippen molar-refractivity contribution in [3.05, 3.63) is 10.4 Å². The van der Waals surface area contributed by atoms with Crippen molar-refractivity contribution in [2.75, 3.05) is 24.2 Å². The van der Waals surface area contributed by atoms with Gasteiger partial charge in [-0.3, -0.25) is 4.79 Å². The normalized spacial score (nSPS) is 14.0. The zero-order chi connectivity index (χ0) is 15.4. The first-order valence-electron chi connectivity index (χ1n) is 7.01. The van der Waals surface area contributed by atoms with Crippen molar-refractivity contribution in [2.24, 2.45) is 0 Å². The van der Waals surface area contributed by atoms with Gasteiger partial charge in [-0.05, 0) is 26.7 Å². The SMILES string of the molecule is CC(C)OCCNc1sc(C(=O)NC2CC2)c(N)c1C#N. The maximum Gasteiger partial charge on any atom is 0.263 e. The van der Waals surface area contributed by atoms with E-state index < -0.39 is 0 Å². The van der Waals surface area contributed by atoms with Crippen LogP contribution in [-0.2, 0) is 4.74 Å². The van der Waals surface area contributed by atoms with Crippen LogP contribution in [0, 0.1) is 11.3 Å². The molecule has 2 rings (SSSR count). The molecule has 7 heteroatoms. The fourth-order valence-corrected chi connectivity index (χ4v) is 2.79. The van der Waals surface area contributed by atoms with Gasteiger partial charge in [0.15, 0.2) is 0 Å². The van der Waals surface area contributed by atoms with E-state index in [1.165, 1.54) is 11.3 Å². The molecule has 1 amide bonds. The molecule has 0 radical (unpaired) electrons. The van der Waals surface area contributed by atoms with E-state index in [1.807, 2.05) is 13.8 Å². The molecule has 1 aromatic heterocycles. The van der Waals surface area contributed by atoms with Crippen molar-refractivity contribution in [1.29, 1.82) is 5.26 Å². The monoisotopic (exact) mass is 308 g/mol. The molecule has 0 aliphatic heterocycles. The van der Waals surface area contributed by atoms with E-state index in [4.69, 9.17) is 10.5 Å². The van der Waals surface area contributed by atoms with Crippen molar-refractivity contribution < 1.29 is 9.53 Å². The molecule has 0 atom stereocenters. The number of hydrogen-bond acceptors (Lipinski definition) is 6. The zero-order valence-electron chi connectivity index (χ0n) is 12.2. The van der Waals surface area contributed by atoms with E-state index in [-0.39, 0.29) is 23.7 Å². The Morgan fingerprint density at radius 2 is 2.29 bits per heavy atom. The highest BCUT2D eigenvalue weighted by atomic mass is 32.1. The number of ether oxygens (including phenoxy) is 1. The van der Waals surface area contributed by atoms with Gasteiger partial charge in [0.25, 0.3) is 5.91 Å². The third kappa shape index (κ3) is 4.09. The fraction of sp³-hybridized carbons (Fsp3) is 0.571. The van der Waals surface area contributed by atoms with E-state index >= 15 is 0 Å². The molecule has 1 aromatic rings. The molecular weight excluding hydrogens is 288 g/mol. The number of carbonyl (C=O) groups is 1. The van der Waals surface area contributed by atoms with Gasteiger partial charge >= 0.3 is 0 Å². The van der Waals surface area contributed by atoms with Crippen LogP contribution in [0.15, 0.2) is 0 Å². The first-order chi connectivity index (χ1) is 10.0. The lowest BCUT2D eigenvalue weighted by Gasteiger charge is -2.08. The standard InChI is InChI=1S/C14H20N4O2S/c1-8(2)20-6-5-17-14-10(7-15)11(16)12(21-14)13(19)18-9-3-4-9/h8-9,17H,3-6,16H2,1-2H3,(H,18,19). The summed E-state index contributed by atoms with van der Waals surface area (Å²) in [5, 5.41) is 15.8. The highest BCUT2D eigenvalue weighted by Gasteiger charge is 2.27. The molecule has 114 valence electrons. The lowest BCUT2D eigenvalue weighted by Crippen LogP contribution is -2.25. The van der Waals surface area contributed by atoms with Crippen molar-refractivity contribution >= 4 is 27.9 Å². The maximum absolute atomic E-state index is 12.1. The summed E-state index contributed by atoms with van der Waals surface area (Å²) in [6, 6.07) is 2.32. The summed E-state index contributed by atoms with van der Waals surface area (Å²) in [5.74, 6) is -0.192. The van der Waals surface area contributed by atoms with Gasteiger partial charge in [0, 0.05) is 12.6 Å². The molecule has 0 spiro atoms. The Bertz CT molecular complexity index is 558. The van der Waals surface area contributed by atoms with Crippen LogP contribution < -0.4 is 16.4 Å². The number of anilines is 2. The predicted octanol–water partition coefficient (Wildman–Crippen LogP) is 1.93. The molecule has 1 aliphatic carbocycles. The molecule has 4 N–H and O–H groups in total. The lowest BCUT2D eigenvalue weighted by molar-refractivity contribution is 0.0871. The summed E-state index contributed by atoms with van der Waals surface area (Å²) in [5.41, 5.74) is 6.52. The average Bonchev–Trinajstić information content (AvgIpc) is 3.17. The maximum atomic E-state index is 12.1. The second kappa shape index (κ2) is 6.78. The number of amides is 1. The number of nitrogen functional groups attached to an aromatic ring is 1. The highest BCUT2D eigenvalue weighted by molar-refractivity contribution is 7.18. The minimum absolute atomic E-state index is 0.163. The highest BCUT2D eigenvalue weighted by Crippen LogP contribution is 2.35. The molecule has 1 aliphatic rings. The minimum atomic E-state index is -0.192. The molecule has 1 heterocycles. The number of nitrogens with two attached hydrogens (primary N) is 1. The third-order valence-electron chi connectivity index (χ3n) is 3.01.